The van der Waals surface area contributed by atoms with Gasteiger partial charge in [-0.3, -0.25) is 0 Å². The minimum Gasteiger partial charge on any atom is -0.455 e. The van der Waals surface area contributed by atoms with Crippen molar-refractivity contribution in [2.45, 2.75) is 0 Å². The Bertz CT molecular complexity index is 6980. The van der Waals surface area contributed by atoms with E-state index in [1.165, 1.54) is 137 Å². The van der Waals surface area contributed by atoms with Crippen LogP contribution >= 0.6 is 34.0 Å². The van der Waals surface area contributed by atoms with Crippen molar-refractivity contribution < 1.29 is 4.42 Å². The van der Waals surface area contributed by atoms with Gasteiger partial charge in [-0.25, -0.2) is 0 Å². The molecule has 0 saturated heterocycles. The molecule has 0 fully saturated rings. The maximum absolute atomic E-state index is 6.63. The van der Waals surface area contributed by atoms with Crippen LogP contribution < -0.4 is 16.0 Å². The first kappa shape index (κ1) is 61.9. The van der Waals surface area contributed by atoms with Gasteiger partial charge in [0.1, 0.15) is 11.2 Å². The standard InChI is InChI=1S/C40H25NOS.C34H21NS.C24H17NS/c1-2-8-25(9-3-1)26-14-16-27(17-15-26)34-22-31(41-30-18-19-33-32-12-6-7-13-38(32)43-39(33)24-30)23-36-35-20-28-10-4-5-11-29(28)21-37(35)42-40(34)36;1-2-9-26(10-3-1)35-29-18-17-27(34-33(29)28-11-4-5-12-30(28)36-34)25-19-23-15-13-21-7-6-8-22-14-16-24(20-25)32(23)31(21)22;1-3-9-17(10-4-1)18-15-21(25-19-11-5-2-6-12-19)24-20-13-7-8-14-22(20)26-23(24)16-18/h1-24,41H;1-20,35H;1-16,25H. The van der Waals surface area contributed by atoms with Gasteiger partial charge in [0.2, 0.25) is 0 Å². The summed E-state index contributed by atoms with van der Waals surface area (Å²) in [5.41, 5.74) is 18.1. The minimum absolute atomic E-state index is 0.903. The van der Waals surface area contributed by atoms with Gasteiger partial charge in [-0.1, -0.05) is 255 Å². The van der Waals surface area contributed by atoms with Crippen molar-refractivity contribution in [3.8, 4) is 44.5 Å². The molecule has 7 heteroatoms. The molecular formula is C98H63N3OS3. The highest BCUT2D eigenvalue weighted by molar-refractivity contribution is 7.27. The lowest BCUT2D eigenvalue weighted by Crippen LogP contribution is -1.91. The molecule has 3 N–H and O–H groups in total. The Morgan fingerprint density at radius 3 is 1.41 bits per heavy atom. The molecule has 0 spiro atoms. The van der Waals surface area contributed by atoms with Gasteiger partial charge in [0.25, 0.3) is 0 Å². The number of thiophene rings is 3. The van der Waals surface area contributed by atoms with Gasteiger partial charge in [0, 0.05) is 111 Å². The Kier molecular flexibility index (Phi) is 15.4. The van der Waals surface area contributed by atoms with Crippen molar-refractivity contribution in [3.05, 3.63) is 364 Å². The number of anilines is 6. The summed E-state index contributed by atoms with van der Waals surface area (Å²) in [4.78, 5) is 0. The molecule has 18 aromatic carbocycles. The van der Waals surface area contributed by atoms with Crippen molar-refractivity contribution in [2.24, 2.45) is 0 Å². The van der Waals surface area contributed by atoms with Crippen molar-refractivity contribution in [1.82, 2.24) is 0 Å². The Balaban J connectivity index is 0.000000108. The molecule has 4 aromatic heterocycles. The molecule has 105 heavy (non-hydrogen) atoms. The molecule has 4 heterocycles. The Hall–Kier alpha value is -12.9. The number of hydrogen-bond acceptors (Lipinski definition) is 7. The summed E-state index contributed by atoms with van der Waals surface area (Å²) in [6.45, 7) is 0. The van der Waals surface area contributed by atoms with Crippen LogP contribution in [0.4, 0.5) is 34.1 Å². The Labute approximate surface area is 617 Å². The van der Waals surface area contributed by atoms with Crippen LogP contribution in [-0.4, -0.2) is 0 Å². The van der Waals surface area contributed by atoms with Gasteiger partial charge < -0.3 is 20.4 Å². The molecule has 494 valence electrons. The monoisotopic (exact) mass is 1390 g/mol. The normalized spacial score (nSPS) is 11.6. The first-order valence-electron chi connectivity index (χ1n) is 35.5. The summed E-state index contributed by atoms with van der Waals surface area (Å²) in [6, 6.07) is 130. The second kappa shape index (κ2) is 26.2. The van der Waals surface area contributed by atoms with Crippen LogP contribution in [0.3, 0.4) is 0 Å². The molecule has 0 atom stereocenters. The number of hydrogen-bond donors (Lipinski definition) is 3. The third-order valence-corrected chi connectivity index (χ3v) is 23.9. The number of benzene rings is 18. The fraction of sp³-hybridized carbons (Fsp3) is 0. The lowest BCUT2D eigenvalue weighted by molar-refractivity contribution is 0.670. The molecule has 0 aliphatic heterocycles. The van der Waals surface area contributed by atoms with Gasteiger partial charge in [-0.15, -0.1) is 34.0 Å². The summed E-state index contributed by atoms with van der Waals surface area (Å²) in [7, 11) is 0. The van der Waals surface area contributed by atoms with Crippen LogP contribution in [0.25, 0.3) is 170 Å². The average Bonchev–Trinajstić information content (AvgIpc) is 1.28. The van der Waals surface area contributed by atoms with E-state index >= 15 is 0 Å². The average molecular weight is 1390 g/mol. The Morgan fingerprint density at radius 2 is 0.724 bits per heavy atom. The molecule has 0 aliphatic carbocycles. The summed E-state index contributed by atoms with van der Waals surface area (Å²) in [6.07, 6.45) is 0. The zero-order valence-electron chi connectivity index (χ0n) is 56.8. The molecule has 22 aromatic rings. The molecule has 0 radical (unpaired) electrons. The van der Waals surface area contributed by atoms with E-state index in [1.807, 2.05) is 40.1 Å². The topological polar surface area (TPSA) is 49.2 Å². The van der Waals surface area contributed by atoms with Crippen LogP contribution in [0.5, 0.6) is 0 Å². The van der Waals surface area contributed by atoms with E-state index in [4.69, 9.17) is 4.42 Å². The molecule has 22 rings (SSSR count). The third-order valence-electron chi connectivity index (χ3n) is 20.4. The van der Waals surface area contributed by atoms with Gasteiger partial charge in [0.05, 0.1) is 0 Å². The SMILES string of the molecule is c1ccc(-c2ccc(-c3cc(Nc4ccc5c(c4)sc4ccccc45)cc4c3oc3cc5ccccc5cc34)cc2)cc1.c1ccc(Nc2cc(-c3ccccc3)cc3sc4ccccc4c23)cc1.c1ccc(Nc2ccc(-c3cc4ccc5cccc6ccc(c3)c4c56)c3sc4ccccc4c23)cc1. The maximum Gasteiger partial charge on any atom is 0.143 e. The number of rotatable bonds is 10. The highest BCUT2D eigenvalue weighted by atomic mass is 32.1. The third kappa shape index (κ3) is 11.5. The summed E-state index contributed by atoms with van der Waals surface area (Å²) in [5.74, 6) is 0. The fourth-order valence-corrected chi connectivity index (χ4v) is 19.0. The van der Waals surface area contributed by atoms with Crippen LogP contribution in [0.1, 0.15) is 0 Å². The molecule has 4 nitrogen and oxygen atoms in total. The zero-order chi connectivity index (χ0) is 69.3. The lowest BCUT2D eigenvalue weighted by Gasteiger charge is -2.14. The van der Waals surface area contributed by atoms with Crippen molar-refractivity contribution in [3.63, 3.8) is 0 Å². The zero-order valence-corrected chi connectivity index (χ0v) is 59.2. The molecule has 0 amide bonds. The van der Waals surface area contributed by atoms with Gasteiger partial charge in [-0.05, 0) is 191 Å². The smallest absolute Gasteiger partial charge is 0.143 e. The van der Waals surface area contributed by atoms with E-state index in [0.29, 0.717) is 0 Å². The highest BCUT2D eigenvalue weighted by Crippen LogP contribution is 2.48. The van der Waals surface area contributed by atoms with Crippen LogP contribution in [0.2, 0.25) is 0 Å². The highest BCUT2D eigenvalue weighted by Gasteiger charge is 2.20. The maximum atomic E-state index is 6.63. The first-order chi connectivity index (χ1) is 52.0. The largest absolute Gasteiger partial charge is 0.455 e. The van der Waals surface area contributed by atoms with E-state index in [1.54, 1.807) is 0 Å². The first-order valence-corrected chi connectivity index (χ1v) is 37.9. The second-order valence-electron chi connectivity index (χ2n) is 26.9. The molecule has 0 aliphatic rings. The van der Waals surface area contributed by atoms with Gasteiger partial charge in [0.15, 0.2) is 0 Å². The number of fused-ring (bicyclic) bond motifs is 13. The lowest BCUT2D eigenvalue weighted by atomic mass is 9.91. The van der Waals surface area contributed by atoms with Crippen molar-refractivity contribution >= 4 is 194 Å². The van der Waals surface area contributed by atoms with E-state index in [2.05, 4.69) is 374 Å². The predicted octanol–water partition coefficient (Wildman–Crippen LogP) is 30.0. The number of furan rings is 1. The molecule has 0 saturated carbocycles. The van der Waals surface area contributed by atoms with Crippen molar-refractivity contribution in [2.75, 3.05) is 16.0 Å². The van der Waals surface area contributed by atoms with Gasteiger partial charge in [-0.2, -0.15) is 0 Å². The summed E-state index contributed by atoms with van der Waals surface area (Å²) < 4.78 is 14.5. The predicted molar refractivity (Wildman–Crippen MR) is 457 cm³/mol. The van der Waals surface area contributed by atoms with Gasteiger partial charge >= 0.3 is 0 Å². The quantitative estimate of drug-likeness (QED) is 0.119. The van der Waals surface area contributed by atoms with E-state index in [-0.39, 0.29) is 0 Å². The van der Waals surface area contributed by atoms with Crippen LogP contribution in [0, 0.1) is 0 Å². The number of nitrogens with one attached hydrogen (secondary N) is 3. The summed E-state index contributed by atoms with van der Waals surface area (Å²) >= 11 is 5.58. The Morgan fingerprint density at radius 1 is 0.210 bits per heavy atom. The molecule has 0 bridgehead atoms. The molecule has 0 unspecified atom stereocenters. The number of para-hydroxylation sites is 2. The van der Waals surface area contributed by atoms with Crippen LogP contribution in [-0.2, 0) is 0 Å². The second-order valence-corrected chi connectivity index (χ2v) is 30.1. The minimum atomic E-state index is 0.903. The van der Waals surface area contributed by atoms with E-state index in [9.17, 15) is 0 Å². The van der Waals surface area contributed by atoms with E-state index in [0.717, 1.165) is 67.2 Å². The van der Waals surface area contributed by atoms with Crippen molar-refractivity contribution in [1.29, 1.82) is 0 Å². The molecular weight excluding hydrogens is 1330 g/mol. The fourth-order valence-electron chi connectivity index (χ4n) is 15.5. The van der Waals surface area contributed by atoms with Crippen LogP contribution in [0.15, 0.2) is 368 Å². The van der Waals surface area contributed by atoms with E-state index < -0.39 is 0 Å². The summed E-state index contributed by atoms with van der Waals surface area (Å²) in [5, 5.41) is 31.4.